The van der Waals surface area contributed by atoms with Gasteiger partial charge in [0.25, 0.3) is 0 Å². The molecule has 0 spiro atoms. The number of thioether (sulfide) groups is 1. The fraction of sp³-hybridized carbons (Fsp3) is 0.556. The first-order chi connectivity index (χ1) is 6.34. The van der Waals surface area contributed by atoms with Gasteiger partial charge in [0, 0.05) is 18.1 Å². The van der Waals surface area contributed by atoms with Gasteiger partial charge in [0.2, 0.25) is 0 Å². The normalized spacial score (nSPS) is 12.8. The van der Waals surface area contributed by atoms with E-state index in [0.29, 0.717) is 11.4 Å². The van der Waals surface area contributed by atoms with E-state index in [4.69, 9.17) is 0 Å². The Morgan fingerprint density at radius 3 is 3.00 bits per heavy atom. The molecule has 13 heavy (non-hydrogen) atoms. The zero-order chi connectivity index (χ0) is 9.52. The van der Waals surface area contributed by atoms with Crippen molar-refractivity contribution in [2.45, 2.75) is 19.4 Å². The molecular weight excluding hydrogens is 184 g/mol. The molecule has 0 aromatic carbocycles. The highest BCUT2D eigenvalue weighted by atomic mass is 32.2. The van der Waals surface area contributed by atoms with Gasteiger partial charge in [0.15, 0.2) is 0 Å². The molecule has 72 valence electrons. The first kappa shape index (κ1) is 10.5. The van der Waals surface area contributed by atoms with Crippen LogP contribution >= 0.6 is 11.8 Å². The maximum absolute atomic E-state index is 9.62. The van der Waals surface area contributed by atoms with E-state index in [-0.39, 0.29) is 0 Å². The highest BCUT2D eigenvalue weighted by molar-refractivity contribution is 7.99. The van der Waals surface area contributed by atoms with Crippen LogP contribution in [0.15, 0.2) is 18.6 Å². The van der Waals surface area contributed by atoms with Crippen molar-refractivity contribution in [3.8, 4) is 0 Å². The Kier molecular flexibility index (Phi) is 4.78. The summed E-state index contributed by atoms with van der Waals surface area (Å²) in [5.74, 6) is 1.78. The number of aromatic nitrogens is 2. The van der Waals surface area contributed by atoms with E-state index in [1.54, 1.807) is 30.4 Å². The van der Waals surface area contributed by atoms with Crippen LogP contribution in [0.1, 0.15) is 25.1 Å². The van der Waals surface area contributed by atoms with E-state index in [1.165, 1.54) is 0 Å². The monoisotopic (exact) mass is 198 g/mol. The third kappa shape index (κ3) is 3.74. The smallest absolute Gasteiger partial charge is 0.106 e. The van der Waals surface area contributed by atoms with Crippen molar-refractivity contribution in [2.75, 3.05) is 11.5 Å². The van der Waals surface area contributed by atoms with Crippen LogP contribution in [-0.2, 0) is 0 Å². The number of aliphatic hydroxyl groups is 1. The minimum absolute atomic E-state index is 0.481. The lowest BCUT2D eigenvalue weighted by Gasteiger charge is -2.07. The maximum atomic E-state index is 9.62. The largest absolute Gasteiger partial charge is 0.386 e. The predicted octanol–water partition coefficient (Wildman–Crippen LogP) is 1.65. The van der Waals surface area contributed by atoms with Crippen LogP contribution in [0.5, 0.6) is 0 Å². The molecule has 0 radical (unpaired) electrons. The lowest BCUT2D eigenvalue weighted by atomic mass is 10.3. The standard InChI is InChI=1S/C9H14N2OS/c1-2-5-13-7-9(12)8-6-10-3-4-11-8/h3-4,6,9,12H,2,5,7H2,1H3. The van der Waals surface area contributed by atoms with Crippen LogP contribution in [-0.4, -0.2) is 26.6 Å². The van der Waals surface area contributed by atoms with Gasteiger partial charge >= 0.3 is 0 Å². The lowest BCUT2D eigenvalue weighted by Crippen LogP contribution is -2.03. The highest BCUT2D eigenvalue weighted by Gasteiger charge is 2.07. The Hall–Kier alpha value is -0.610. The number of hydrogen-bond donors (Lipinski definition) is 1. The second-order valence-corrected chi connectivity index (χ2v) is 3.87. The van der Waals surface area contributed by atoms with Gasteiger partial charge in [-0.05, 0) is 12.2 Å². The summed E-state index contributed by atoms with van der Waals surface area (Å²) in [6.45, 7) is 2.13. The number of nitrogens with zero attached hydrogens (tertiary/aromatic N) is 2. The van der Waals surface area contributed by atoms with Gasteiger partial charge in [0.05, 0.1) is 11.9 Å². The summed E-state index contributed by atoms with van der Waals surface area (Å²) in [6, 6.07) is 0. The SMILES string of the molecule is CCCSCC(O)c1cnccn1. The molecular formula is C9H14N2OS. The minimum atomic E-state index is -0.481. The number of hydrogen-bond acceptors (Lipinski definition) is 4. The van der Waals surface area contributed by atoms with Crippen LogP contribution in [0, 0.1) is 0 Å². The summed E-state index contributed by atoms with van der Waals surface area (Å²) in [5.41, 5.74) is 0.658. The maximum Gasteiger partial charge on any atom is 0.106 e. The van der Waals surface area contributed by atoms with Crippen LogP contribution < -0.4 is 0 Å². The Bertz CT molecular complexity index is 230. The first-order valence-electron chi connectivity index (χ1n) is 4.36. The van der Waals surface area contributed by atoms with Crippen molar-refractivity contribution in [3.05, 3.63) is 24.3 Å². The molecule has 1 atom stereocenters. The molecule has 0 aliphatic carbocycles. The van der Waals surface area contributed by atoms with Crippen molar-refractivity contribution < 1.29 is 5.11 Å². The highest BCUT2D eigenvalue weighted by Crippen LogP contribution is 2.15. The minimum Gasteiger partial charge on any atom is -0.386 e. The molecule has 1 heterocycles. The molecule has 0 fully saturated rings. The summed E-state index contributed by atoms with van der Waals surface area (Å²) in [5, 5.41) is 9.62. The number of aliphatic hydroxyl groups excluding tert-OH is 1. The molecule has 0 bridgehead atoms. The molecule has 0 saturated heterocycles. The molecule has 4 heteroatoms. The van der Waals surface area contributed by atoms with Gasteiger partial charge in [-0.25, -0.2) is 0 Å². The van der Waals surface area contributed by atoms with Crippen molar-refractivity contribution in [1.29, 1.82) is 0 Å². The zero-order valence-electron chi connectivity index (χ0n) is 7.68. The topological polar surface area (TPSA) is 46.0 Å². The van der Waals surface area contributed by atoms with Crippen LogP contribution in [0.2, 0.25) is 0 Å². The average Bonchev–Trinajstić information content (AvgIpc) is 2.19. The summed E-state index contributed by atoms with van der Waals surface area (Å²) in [4.78, 5) is 7.93. The second-order valence-electron chi connectivity index (χ2n) is 2.72. The lowest BCUT2D eigenvalue weighted by molar-refractivity contribution is 0.198. The third-order valence-electron chi connectivity index (χ3n) is 1.55. The van der Waals surface area contributed by atoms with Crippen LogP contribution in [0.3, 0.4) is 0 Å². The van der Waals surface area contributed by atoms with Crippen molar-refractivity contribution in [2.24, 2.45) is 0 Å². The van der Waals surface area contributed by atoms with Crippen LogP contribution in [0.25, 0.3) is 0 Å². The van der Waals surface area contributed by atoms with Gasteiger partial charge in [-0.1, -0.05) is 6.92 Å². The molecule has 0 aliphatic heterocycles. The molecule has 1 N–H and O–H groups in total. The van der Waals surface area contributed by atoms with E-state index in [2.05, 4.69) is 16.9 Å². The molecule has 1 rings (SSSR count). The van der Waals surface area contributed by atoms with Gasteiger partial charge in [-0.2, -0.15) is 11.8 Å². The van der Waals surface area contributed by atoms with Crippen LogP contribution in [0.4, 0.5) is 0 Å². The Labute approximate surface area is 82.6 Å². The summed E-state index contributed by atoms with van der Waals surface area (Å²) < 4.78 is 0. The van der Waals surface area contributed by atoms with E-state index < -0.39 is 6.10 Å². The van der Waals surface area contributed by atoms with Gasteiger partial charge in [0.1, 0.15) is 6.10 Å². The average molecular weight is 198 g/mol. The summed E-state index contributed by atoms with van der Waals surface area (Å²) in [6.07, 6.45) is 5.47. The molecule has 1 aromatic rings. The molecule has 1 unspecified atom stereocenters. The molecule has 1 aromatic heterocycles. The van der Waals surface area contributed by atoms with Gasteiger partial charge < -0.3 is 5.11 Å². The second kappa shape index (κ2) is 5.94. The van der Waals surface area contributed by atoms with E-state index in [0.717, 1.165) is 12.2 Å². The Morgan fingerprint density at radius 1 is 1.54 bits per heavy atom. The molecule has 0 amide bonds. The number of rotatable bonds is 5. The van der Waals surface area contributed by atoms with Crippen molar-refractivity contribution in [3.63, 3.8) is 0 Å². The van der Waals surface area contributed by atoms with E-state index >= 15 is 0 Å². The first-order valence-corrected chi connectivity index (χ1v) is 5.51. The summed E-state index contributed by atoms with van der Waals surface area (Å²) >= 11 is 1.74. The summed E-state index contributed by atoms with van der Waals surface area (Å²) in [7, 11) is 0. The zero-order valence-corrected chi connectivity index (χ0v) is 8.50. The van der Waals surface area contributed by atoms with Crippen molar-refractivity contribution in [1.82, 2.24) is 9.97 Å². The molecule has 0 saturated carbocycles. The molecule has 3 nitrogen and oxygen atoms in total. The Morgan fingerprint density at radius 2 is 2.38 bits per heavy atom. The fourth-order valence-electron chi connectivity index (χ4n) is 0.907. The quantitative estimate of drug-likeness (QED) is 0.731. The Balaban J connectivity index is 2.35. The van der Waals surface area contributed by atoms with Gasteiger partial charge in [-0.15, -0.1) is 0 Å². The molecule has 0 aliphatic rings. The third-order valence-corrected chi connectivity index (χ3v) is 2.80. The van der Waals surface area contributed by atoms with E-state index in [1.807, 2.05) is 0 Å². The van der Waals surface area contributed by atoms with Gasteiger partial charge in [-0.3, -0.25) is 9.97 Å². The van der Waals surface area contributed by atoms with Crippen molar-refractivity contribution >= 4 is 11.8 Å². The predicted molar refractivity (Wildman–Crippen MR) is 54.6 cm³/mol. The fourth-order valence-corrected chi connectivity index (χ4v) is 1.76. The van der Waals surface area contributed by atoms with E-state index in [9.17, 15) is 5.11 Å².